The first-order valence-electron chi connectivity index (χ1n) is 0.783. The first-order valence-corrected chi connectivity index (χ1v) is 2.35. The summed E-state index contributed by atoms with van der Waals surface area (Å²) in [6, 6.07) is 0. The van der Waals surface area contributed by atoms with E-state index in [-0.39, 0.29) is 53.8 Å². The second-order valence-electron chi connectivity index (χ2n) is 0.513. The Morgan fingerprint density at radius 3 is 1.12 bits per heavy atom. The first kappa shape index (κ1) is 22.6. The van der Waals surface area contributed by atoms with Gasteiger partial charge in [0.15, 0.2) is 17.4 Å². The summed E-state index contributed by atoms with van der Waals surface area (Å²) in [5, 5.41) is 0. The molecule has 0 aliphatic heterocycles. The molecular formula is H7AlGeLiO4P. The molecule has 8 heavy (non-hydrogen) atoms. The van der Waals surface area contributed by atoms with Crippen molar-refractivity contribution in [1.82, 2.24) is 0 Å². The van der Waals surface area contributed by atoms with Crippen molar-refractivity contribution in [2.24, 2.45) is 0 Å². The van der Waals surface area contributed by atoms with E-state index in [0.29, 0.717) is 0 Å². The van der Waals surface area contributed by atoms with E-state index in [4.69, 9.17) is 19.2 Å². The zero-order chi connectivity index (χ0) is 4.50. The molecule has 0 heterocycles. The van der Waals surface area contributed by atoms with Crippen LogP contribution in [0, 0.1) is 0 Å². The van der Waals surface area contributed by atoms with Crippen molar-refractivity contribution >= 4 is 61.6 Å². The van der Waals surface area contributed by atoms with E-state index in [1.54, 1.807) is 0 Å². The predicted molar refractivity (Wildman–Crippen MR) is 37.1 cm³/mol. The van der Waals surface area contributed by atoms with Gasteiger partial charge in [-0.15, -0.1) is 0 Å². The molecule has 0 unspecified atom stereocenters. The van der Waals surface area contributed by atoms with Crippen LogP contribution in [0.15, 0.2) is 0 Å². The van der Waals surface area contributed by atoms with Crippen LogP contribution in [0.3, 0.4) is 0 Å². The van der Waals surface area contributed by atoms with Crippen molar-refractivity contribution in [1.29, 1.82) is 0 Å². The van der Waals surface area contributed by atoms with Crippen molar-refractivity contribution in [3.63, 3.8) is 0 Å². The fraction of sp³-hybridized carbons (Fsp3) is 0. The van der Waals surface area contributed by atoms with Crippen molar-refractivity contribution in [3.8, 4) is 0 Å². The van der Waals surface area contributed by atoms with Gasteiger partial charge >= 0.3 is 26.7 Å². The van der Waals surface area contributed by atoms with Crippen molar-refractivity contribution in [3.05, 3.63) is 0 Å². The topological polar surface area (TPSA) is 77.8 Å². The van der Waals surface area contributed by atoms with E-state index in [2.05, 4.69) is 0 Å². The molecule has 0 saturated heterocycles. The monoisotopic (exact) mass is 210 g/mol. The normalized spacial score (nSPS) is 7.38. The van der Waals surface area contributed by atoms with Gasteiger partial charge in [0.25, 0.3) is 0 Å². The number of hydrogen-bond donors (Lipinski definition) is 3. The van der Waals surface area contributed by atoms with Crippen LogP contribution in [-0.2, 0) is 4.57 Å². The van der Waals surface area contributed by atoms with Crippen LogP contribution >= 0.6 is 7.82 Å². The first-order chi connectivity index (χ1) is 2.00. The predicted octanol–water partition coefficient (Wildman–Crippen LogP) is -3.14. The fourth-order valence-electron chi connectivity index (χ4n) is 0. The Bertz CT molecular complexity index is 62.2. The molecule has 0 rings (SSSR count). The second kappa shape index (κ2) is 8.78. The van der Waals surface area contributed by atoms with E-state index >= 15 is 0 Å². The number of hydrogen-bond acceptors (Lipinski definition) is 1. The maximum atomic E-state index is 8.88. The van der Waals surface area contributed by atoms with Gasteiger partial charge in [-0.05, 0) is 0 Å². The van der Waals surface area contributed by atoms with E-state index in [1.165, 1.54) is 0 Å². The van der Waals surface area contributed by atoms with Crippen LogP contribution in [0.2, 0.25) is 0 Å². The Kier molecular flexibility index (Phi) is 24.8. The fourth-order valence-corrected chi connectivity index (χ4v) is 0. The average Bonchev–Trinajstić information content (AvgIpc) is 0.722. The molecule has 3 N–H and O–H groups in total. The minimum absolute atomic E-state index is 0. The van der Waals surface area contributed by atoms with Gasteiger partial charge in [0.1, 0.15) is 0 Å². The summed E-state index contributed by atoms with van der Waals surface area (Å²) in [5.74, 6) is 0. The summed E-state index contributed by atoms with van der Waals surface area (Å²) in [5.41, 5.74) is 0. The van der Waals surface area contributed by atoms with Crippen LogP contribution in [-0.4, -0.2) is 68.5 Å². The van der Waals surface area contributed by atoms with E-state index in [0.717, 1.165) is 0 Å². The van der Waals surface area contributed by atoms with Crippen LogP contribution in [0.4, 0.5) is 0 Å². The van der Waals surface area contributed by atoms with Crippen LogP contribution in [0.1, 0.15) is 0 Å². The Morgan fingerprint density at radius 2 is 1.12 bits per heavy atom. The zero-order valence-corrected chi connectivity index (χ0v) is 5.69. The molecule has 44 valence electrons. The number of phosphoric acid groups is 1. The van der Waals surface area contributed by atoms with E-state index in [1.807, 2.05) is 0 Å². The van der Waals surface area contributed by atoms with Gasteiger partial charge in [-0.2, -0.15) is 0 Å². The Hall–Kier alpha value is 1.78. The molecule has 4 nitrogen and oxygen atoms in total. The van der Waals surface area contributed by atoms with Crippen LogP contribution in [0.25, 0.3) is 0 Å². The quantitative estimate of drug-likeness (QED) is 0.290. The summed E-state index contributed by atoms with van der Waals surface area (Å²) >= 11 is 0. The molecule has 0 aliphatic carbocycles. The van der Waals surface area contributed by atoms with Crippen molar-refractivity contribution in [2.45, 2.75) is 0 Å². The summed E-state index contributed by atoms with van der Waals surface area (Å²) in [4.78, 5) is 21.6. The van der Waals surface area contributed by atoms with E-state index in [9.17, 15) is 0 Å². The SMILES string of the molecule is O=P(O)(O)O.[AlH3].[Ge].[LiH]. The van der Waals surface area contributed by atoms with Gasteiger partial charge in [-0.25, -0.2) is 4.57 Å². The summed E-state index contributed by atoms with van der Waals surface area (Å²) in [6.07, 6.45) is 0. The van der Waals surface area contributed by atoms with Crippen LogP contribution < -0.4 is 0 Å². The third kappa shape index (κ3) is 113. The second-order valence-corrected chi connectivity index (χ2v) is 1.54. The minimum atomic E-state index is -4.64. The van der Waals surface area contributed by atoms with Gasteiger partial charge in [-0.1, -0.05) is 0 Å². The molecule has 0 bridgehead atoms. The van der Waals surface area contributed by atoms with Crippen molar-refractivity contribution in [2.75, 3.05) is 0 Å². The standard InChI is InChI=1S/Al.Ge.Li.H3O4P.4H/c;;;1-5(2,3)4;;;;/h;;;(H3,1,2,3,4);;;;. The average molecular weight is 209 g/mol. The summed E-state index contributed by atoms with van der Waals surface area (Å²) in [7, 11) is -4.64. The van der Waals surface area contributed by atoms with Crippen LogP contribution in [0.5, 0.6) is 0 Å². The van der Waals surface area contributed by atoms with Gasteiger partial charge in [-0.3, -0.25) is 0 Å². The third-order valence-electron chi connectivity index (χ3n) is 0. The molecule has 0 aromatic heterocycles. The van der Waals surface area contributed by atoms with E-state index < -0.39 is 7.82 Å². The molecule has 0 aromatic rings. The molecule has 0 aliphatic rings. The number of rotatable bonds is 0. The molecule has 0 saturated carbocycles. The molecule has 0 fully saturated rings. The summed E-state index contributed by atoms with van der Waals surface area (Å²) in [6.45, 7) is 0. The van der Waals surface area contributed by atoms with Gasteiger partial charge in [0.05, 0.1) is 0 Å². The molecule has 4 radical (unpaired) electrons. The molecule has 0 aromatic carbocycles. The molecular weight excluding hydrogens is 202 g/mol. The molecule has 0 atom stereocenters. The maximum absolute atomic E-state index is 8.88. The molecule has 8 heteroatoms. The van der Waals surface area contributed by atoms with Gasteiger partial charge in [0, 0.05) is 17.6 Å². The Balaban J connectivity index is -0.0000000267. The molecule has 0 amide bonds. The van der Waals surface area contributed by atoms with Gasteiger partial charge in [0.2, 0.25) is 0 Å². The van der Waals surface area contributed by atoms with Crippen molar-refractivity contribution < 1.29 is 19.2 Å². The third-order valence-corrected chi connectivity index (χ3v) is 0. The Labute approximate surface area is 80.6 Å². The Morgan fingerprint density at radius 1 is 1.12 bits per heavy atom. The summed E-state index contributed by atoms with van der Waals surface area (Å²) < 4.78 is 8.88. The zero-order valence-electron chi connectivity index (χ0n) is 2.70. The van der Waals surface area contributed by atoms with Gasteiger partial charge < -0.3 is 14.7 Å². The molecule has 0 spiro atoms.